The van der Waals surface area contributed by atoms with E-state index in [1.807, 2.05) is 6.92 Å². The molecule has 1 rings (SSSR count). The van der Waals surface area contributed by atoms with Gasteiger partial charge in [-0.3, -0.25) is 0 Å². The maximum Gasteiger partial charge on any atom is 0.482 e. The topological polar surface area (TPSA) is 0 Å². The molecule has 6 heteroatoms. The van der Waals surface area contributed by atoms with Crippen molar-refractivity contribution in [3.63, 3.8) is 0 Å². The van der Waals surface area contributed by atoms with Crippen molar-refractivity contribution in [1.29, 1.82) is 0 Å². The van der Waals surface area contributed by atoms with Gasteiger partial charge in [0.15, 0.2) is 0 Å². The third-order valence-corrected chi connectivity index (χ3v) is 5.81. The van der Waals surface area contributed by atoms with Crippen LogP contribution >= 0.6 is 22.6 Å². The SMILES string of the molecule is Cc1c(I)c(C)c(C[B-](F)(F)F)c(C)c1C#C[Si](C)(C)C. The third-order valence-electron chi connectivity index (χ3n) is 3.31. The maximum absolute atomic E-state index is 12.9. The summed E-state index contributed by atoms with van der Waals surface area (Å²) in [4.78, 5) is 0. The van der Waals surface area contributed by atoms with Crippen LogP contribution in [0.2, 0.25) is 19.6 Å². The Kier molecular flexibility index (Phi) is 5.65. The van der Waals surface area contributed by atoms with Gasteiger partial charge in [0.05, 0.1) is 0 Å². The van der Waals surface area contributed by atoms with Crippen molar-refractivity contribution >= 4 is 37.6 Å². The summed E-state index contributed by atoms with van der Waals surface area (Å²) >= 11 is 2.13. The Balaban J connectivity index is 3.55. The van der Waals surface area contributed by atoms with Crippen molar-refractivity contribution in [2.75, 3.05) is 0 Å². The third kappa shape index (κ3) is 5.06. The maximum atomic E-state index is 12.9. The average molecular weight is 423 g/mol. The lowest BCUT2D eigenvalue weighted by Gasteiger charge is -2.22. The summed E-state index contributed by atoms with van der Waals surface area (Å²) in [5.41, 5.74) is 6.87. The Morgan fingerprint density at radius 1 is 1.00 bits per heavy atom. The van der Waals surface area contributed by atoms with Crippen LogP contribution in [0.3, 0.4) is 0 Å². The Morgan fingerprint density at radius 2 is 1.52 bits per heavy atom. The van der Waals surface area contributed by atoms with Gasteiger partial charge in [-0.15, -0.1) is 5.54 Å². The van der Waals surface area contributed by atoms with E-state index in [1.54, 1.807) is 13.8 Å². The fourth-order valence-electron chi connectivity index (χ4n) is 2.21. The molecule has 0 amide bonds. The smallest absolute Gasteiger partial charge is 0.449 e. The van der Waals surface area contributed by atoms with Crippen LogP contribution in [0.25, 0.3) is 0 Å². The van der Waals surface area contributed by atoms with E-state index < -0.39 is 21.4 Å². The van der Waals surface area contributed by atoms with Gasteiger partial charge >= 0.3 is 6.98 Å². The molecule has 0 bridgehead atoms. The molecule has 1 aromatic rings. The van der Waals surface area contributed by atoms with Crippen molar-refractivity contribution in [2.45, 2.75) is 46.7 Å². The minimum Gasteiger partial charge on any atom is -0.449 e. The van der Waals surface area contributed by atoms with E-state index in [0.717, 1.165) is 20.3 Å². The summed E-state index contributed by atoms with van der Waals surface area (Å²) in [6, 6.07) is 0. The lowest BCUT2D eigenvalue weighted by Crippen LogP contribution is -2.22. The van der Waals surface area contributed by atoms with Crippen LogP contribution in [-0.4, -0.2) is 15.1 Å². The number of hydrogen-bond donors (Lipinski definition) is 0. The second-order valence-electron chi connectivity index (χ2n) is 6.46. The first-order valence-corrected chi connectivity index (χ1v) is 11.4. The first kappa shape index (κ1) is 18.6. The molecule has 0 nitrogen and oxygen atoms in total. The Hall–Kier alpha value is -0.418. The molecular weight excluding hydrogens is 403 g/mol. The molecule has 0 unspecified atom stereocenters. The van der Waals surface area contributed by atoms with E-state index in [1.165, 1.54) is 0 Å². The molecule has 0 saturated heterocycles. The molecule has 0 N–H and O–H groups in total. The number of rotatable bonds is 2. The minimum absolute atomic E-state index is 0.400. The van der Waals surface area contributed by atoms with E-state index in [9.17, 15) is 12.9 Å². The molecule has 1 aromatic carbocycles. The highest BCUT2D eigenvalue weighted by molar-refractivity contribution is 14.1. The molecule has 116 valence electrons. The highest BCUT2D eigenvalue weighted by atomic mass is 127. The molecule has 0 heterocycles. The molecule has 0 aliphatic heterocycles. The predicted octanol–water partition coefficient (Wildman–Crippen LogP) is 5.37. The van der Waals surface area contributed by atoms with Crippen LogP contribution in [0.1, 0.15) is 27.8 Å². The van der Waals surface area contributed by atoms with Gasteiger partial charge in [0.25, 0.3) is 0 Å². The van der Waals surface area contributed by atoms with Crippen LogP contribution in [-0.2, 0) is 6.32 Å². The van der Waals surface area contributed by atoms with Crippen LogP contribution in [0.4, 0.5) is 12.9 Å². The number of halogens is 4. The summed E-state index contributed by atoms with van der Waals surface area (Å²) in [6.45, 7) is 7.03. The second-order valence-corrected chi connectivity index (χ2v) is 12.3. The predicted molar refractivity (Wildman–Crippen MR) is 96.4 cm³/mol. The quantitative estimate of drug-likeness (QED) is 0.341. The number of benzene rings is 1. The Labute approximate surface area is 140 Å². The van der Waals surface area contributed by atoms with E-state index in [-0.39, 0.29) is 0 Å². The fraction of sp³-hybridized carbons (Fsp3) is 0.467. The van der Waals surface area contributed by atoms with E-state index in [4.69, 9.17) is 0 Å². The first-order valence-electron chi connectivity index (χ1n) is 6.86. The van der Waals surface area contributed by atoms with Crippen molar-refractivity contribution in [2.24, 2.45) is 0 Å². The summed E-state index contributed by atoms with van der Waals surface area (Å²) in [7, 11) is -1.56. The summed E-state index contributed by atoms with van der Waals surface area (Å²) in [5, 5.41) is 0. The lowest BCUT2D eigenvalue weighted by molar-refractivity contribution is 0.468. The van der Waals surface area contributed by atoms with Crippen molar-refractivity contribution < 1.29 is 12.9 Å². The molecule has 0 atom stereocenters. The van der Waals surface area contributed by atoms with Gasteiger partial charge < -0.3 is 12.9 Å². The lowest BCUT2D eigenvalue weighted by atomic mass is 9.77. The zero-order valence-electron chi connectivity index (χ0n) is 13.3. The molecule has 0 fully saturated rings. The van der Waals surface area contributed by atoms with Crippen LogP contribution in [0.15, 0.2) is 0 Å². The van der Waals surface area contributed by atoms with Crippen molar-refractivity contribution in [3.8, 4) is 11.5 Å². The molecule has 21 heavy (non-hydrogen) atoms. The van der Waals surface area contributed by atoms with Crippen molar-refractivity contribution in [3.05, 3.63) is 31.4 Å². The van der Waals surface area contributed by atoms with Gasteiger partial charge in [0.2, 0.25) is 0 Å². The molecule has 0 aliphatic carbocycles. The van der Waals surface area contributed by atoms with Gasteiger partial charge in [-0.1, -0.05) is 37.4 Å². The summed E-state index contributed by atoms with van der Waals surface area (Å²) in [5.74, 6) is 3.16. The standard InChI is InChI=1S/C15H20BF3ISi/c1-10-13(7-8-21(4,5)6)11(2)15(20)12(3)14(10)9-16(17,18)19/h9H2,1-6H3/q-1. The fourth-order valence-corrected chi connectivity index (χ4v) is 3.31. The molecule has 0 aliphatic rings. The zero-order valence-corrected chi connectivity index (χ0v) is 16.5. The monoisotopic (exact) mass is 423 g/mol. The average Bonchev–Trinajstić information content (AvgIpc) is 2.29. The van der Waals surface area contributed by atoms with Gasteiger partial charge in [0, 0.05) is 9.13 Å². The summed E-state index contributed by atoms with van der Waals surface area (Å²) < 4.78 is 39.5. The Morgan fingerprint density at radius 3 is 1.95 bits per heavy atom. The molecule has 0 radical (unpaired) electrons. The van der Waals surface area contributed by atoms with E-state index in [2.05, 4.69) is 53.7 Å². The van der Waals surface area contributed by atoms with Crippen molar-refractivity contribution in [1.82, 2.24) is 0 Å². The van der Waals surface area contributed by atoms with Gasteiger partial charge in [-0.2, -0.15) is 0 Å². The van der Waals surface area contributed by atoms with E-state index >= 15 is 0 Å². The van der Waals surface area contributed by atoms with Gasteiger partial charge in [0.1, 0.15) is 8.07 Å². The molecule has 0 aromatic heterocycles. The normalized spacial score (nSPS) is 12.1. The van der Waals surface area contributed by atoms with Gasteiger partial charge in [-0.25, -0.2) is 0 Å². The van der Waals surface area contributed by atoms with Crippen LogP contribution in [0.5, 0.6) is 0 Å². The van der Waals surface area contributed by atoms with Gasteiger partial charge in [-0.05, 0) is 60.1 Å². The highest BCUT2D eigenvalue weighted by Gasteiger charge is 2.27. The Bertz CT molecular complexity index is 619. The highest BCUT2D eigenvalue weighted by Crippen LogP contribution is 2.31. The minimum atomic E-state index is -4.84. The molecular formula is C15H20BF3ISi-. The summed E-state index contributed by atoms with van der Waals surface area (Å²) in [6.07, 6.45) is -0.824. The zero-order chi connectivity index (χ0) is 16.6. The second kappa shape index (κ2) is 6.37. The molecule has 0 saturated carbocycles. The first-order chi connectivity index (χ1) is 9.33. The molecule has 0 spiro atoms. The number of hydrogen-bond acceptors (Lipinski definition) is 0. The van der Waals surface area contributed by atoms with Crippen LogP contribution in [0, 0.1) is 35.8 Å². The van der Waals surface area contributed by atoms with Crippen LogP contribution < -0.4 is 0 Å². The van der Waals surface area contributed by atoms with E-state index in [0.29, 0.717) is 11.1 Å². The largest absolute Gasteiger partial charge is 0.482 e.